The van der Waals surface area contributed by atoms with E-state index in [1.54, 1.807) is 11.1 Å². The first-order valence-corrected chi connectivity index (χ1v) is 12.1. The molecule has 1 aliphatic carbocycles. The van der Waals surface area contributed by atoms with E-state index in [1.807, 2.05) is 51.1 Å². The molecule has 34 heavy (non-hydrogen) atoms. The highest BCUT2D eigenvalue weighted by molar-refractivity contribution is 6.17. The maximum atomic E-state index is 13.8. The minimum absolute atomic E-state index is 0.0192. The number of benzene rings is 1. The van der Waals surface area contributed by atoms with Crippen LogP contribution in [0.5, 0.6) is 11.5 Å². The molecule has 1 amide bonds. The number of fused-ring (bicyclic) bond motifs is 1. The number of Topliss-reactive ketones (excluding diaryl/α,β-unsaturated/α-hetero) is 1. The number of aryl methyl sites for hydroxylation is 1. The summed E-state index contributed by atoms with van der Waals surface area (Å²) in [6.07, 6.45) is 5.09. The first-order valence-electron chi connectivity index (χ1n) is 12.1. The number of aromatic nitrogens is 1. The Morgan fingerprint density at radius 3 is 2.53 bits per heavy atom. The molecule has 3 aliphatic rings. The van der Waals surface area contributed by atoms with Gasteiger partial charge < -0.3 is 14.2 Å². The Hall–Kier alpha value is -3.35. The lowest BCUT2D eigenvalue weighted by atomic mass is 9.77. The number of rotatable bonds is 6. The standard InChI is InChI=1S/C27H30N2O5/c1-4-32-20-12-11-17(14-21(20)33-5-2)24-23-25(30)18-8-6-7-9-19(18)34-26(23)27(31)29(24)22-13-10-16(3)15-28-22/h10-15,18-19,24H,4-9H2,1-3H3. The monoisotopic (exact) mass is 462 g/mol. The highest BCUT2D eigenvalue weighted by atomic mass is 16.5. The van der Waals surface area contributed by atoms with Crippen LogP contribution in [0.3, 0.4) is 0 Å². The van der Waals surface area contributed by atoms with E-state index in [0.717, 1.165) is 36.8 Å². The van der Waals surface area contributed by atoms with Crippen molar-refractivity contribution in [1.82, 2.24) is 4.98 Å². The molecule has 0 spiro atoms. The predicted molar refractivity (Wildman–Crippen MR) is 127 cm³/mol. The largest absolute Gasteiger partial charge is 0.490 e. The van der Waals surface area contributed by atoms with Crippen LogP contribution in [0.15, 0.2) is 47.9 Å². The van der Waals surface area contributed by atoms with Gasteiger partial charge in [-0.3, -0.25) is 14.5 Å². The van der Waals surface area contributed by atoms with Gasteiger partial charge in [0.05, 0.1) is 30.7 Å². The van der Waals surface area contributed by atoms with Gasteiger partial charge in [-0.05, 0) is 69.4 Å². The molecule has 3 atom stereocenters. The van der Waals surface area contributed by atoms with Gasteiger partial charge in [0.1, 0.15) is 11.9 Å². The Morgan fingerprint density at radius 2 is 1.79 bits per heavy atom. The van der Waals surface area contributed by atoms with Crippen molar-refractivity contribution in [1.29, 1.82) is 0 Å². The summed E-state index contributed by atoms with van der Waals surface area (Å²) in [6.45, 7) is 6.75. The number of hydrogen-bond acceptors (Lipinski definition) is 6. The second-order valence-electron chi connectivity index (χ2n) is 9.00. The number of nitrogens with zero attached hydrogens (tertiary/aromatic N) is 2. The zero-order valence-corrected chi connectivity index (χ0v) is 19.9. The number of carbonyl (C=O) groups is 2. The van der Waals surface area contributed by atoms with Crippen LogP contribution in [0.2, 0.25) is 0 Å². The maximum Gasteiger partial charge on any atom is 0.295 e. The van der Waals surface area contributed by atoms with E-state index >= 15 is 0 Å². The second-order valence-corrected chi connectivity index (χ2v) is 9.00. The summed E-state index contributed by atoms with van der Waals surface area (Å²) in [5, 5.41) is 0. The summed E-state index contributed by atoms with van der Waals surface area (Å²) >= 11 is 0. The van der Waals surface area contributed by atoms with Crippen molar-refractivity contribution in [3.8, 4) is 11.5 Å². The minimum Gasteiger partial charge on any atom is -0.490 e. The molecule has 1 aromatic heterocycles. The maximum absolute atomic E-state index is 13.8. The number of carbonyl (C=O) groups excluding carboxylic acids is 2. The lowest BCUT2D eigenvalue weighted by Gasteiger charge is -2.35. The number of hydrogen-bond donors (Lipinski definition) is 0. The molecular formula is C27H30N2O5. The van der Waals surface area contributed by atoms with E-state index < -0.39 is 6.04 Å². The molecule has 2 aliphatic heterocycles. The lowest BCUT2D eigenvalue weighted by molar-refractivity contribution is -0.131. The molecule has 5 rings (SSSR count). The molecule has 2 aromatic rings. The van der Waals surface area contributed by atoms with Gasteiger partial charge >= 0.3 is 0 Å². The summed E-state index contributed by atoms with van der Waals surface area (Å²) in [7, 11) is 0. The zero-order chi connectivity index (χ0) is 23.8. The highest BCUT2D eigenvalue weighted by Crippen LogP contribution is 2.48. The number of anilines is 1. The van der Waals surface area contributed by atoms with E-state index in [9.17, 15) is 9.59 Å². The van der Waals surface area contributed by atoms with Gasteiger partial charge in [0.2, 0.25) is 0 Å². The van der Waals surface area contributed by atoms with Crippen molar-refractivity contribution in [3.05, 3.63) is 59.0 Å². The van der Waals surface area contributed by atoms with Gasteiger partial charge in [0.15, 0.2) is 23.0 Å². The fraction of sp³-hybridized carbons (Fsp3) is 0.444. The zero-order valence-electron chi connectivity index (χ0n) is 19.9. The van der Waals surface area contributed by atoms with Crippen LogP contribution in [0, 0.1) is 12.8 Å². The smallest absolute Gasteiger partial charge is 0.295 e. The van der Waals surface area contributed by atoms with Gasteiger partial charge in [-0.15, -0.1) is 0 Å². The third kappa shape index (κ3) is 3.73. The molecular weight excluding hydrogens is 432 g/mol. The number of amides is 1. The molecule has 0 N–H and O–H groups in total. The van der Waals surface area contributed by atoms with Crippen LogP contribution in [0.25, 0.3) is 0 Å². The molecule has 3 heterocycles. The molecule has 0 bridgehead atoms. The van der Waals surface area contributed by atoms with E-state index in [0.29, 0.717) is 36.1 Å². The molecule has 178 valence electrons. The van der Waals surface area contributed by atoms with Crippen molar-refractivity contribution in [2.24, 2.45) is 5.92 Å². The summed E-state index contributed by atoms with van der Waals surface area (Å²) in [4.78, 5) is 33.6. The number of ether oxygens (including phenoxy) is 3. The van der Waals surface area contributed by atoms with Crippen molar-refractivity contribution in [2.45, 2.75) is 58.6 Å². The van der Waals surface area contributed by atoms with Crippen LogP contribution in [-0.2, 0) is 14.3 Å². The van der Waals surface area contributed by atoms with Crippen molar-refractivity contribution < 1.29 is 23.8 Å². The van der Waals surface area contributed by atoms with E-state index in [2.05, 4.69) is 4.98 Å². The van der Waals surface area contributed by atoms with Crippen LogP contribution < -0.4 is 14.4 Å². The van der Waals surface area contributed by atoms with Crippen LogP contribution in [0.1, 0.15) is 56.7 Å². The summed E-state index contributed by atoms with van der Waals surface area (Å²) < 4.78 is 17.8. The Morgan fingerprint density at radius 1 is 1.03 bits per heavy atom. The molecule has 0 saturated heterocycles. The lowest BCUT2D eigenvalue weighted by Crippen LogP contribution is -2.39. The quantitative estimate of drug-likeness (QED) is 0.620. The topological polar surface area (TPSA) is 78.0 Å². The fourth-order valence-corrected chi connectivity index (χ4v) is 5.24. The molecule has 1 saturated carbocycles. The second kappa shape index (κ2) is 9.12. The molecule has 3 unspecified atom stereocenters. The minimum atomic E-state index is -0.636. The summed E-state index contributed by atoms with van der Waals surface area (Å²) in [5.74, 6) is 1.37. The first kappa shape index (κ1) is 22.4. The highest BCUT2D eigenvalue weighted by Gasteiger charge is 2.52. The Kier molecular flexibility index (Phi) is 6.02. The first-order chi connectivity index (χ1) is 16.5. The third-order valence-corrected chi connectivity index (χ3v) is 6.79. The SMILES string of the molecule is CCOc1ccc(C2C3=C(OC4CCCCC4C3=O)C(=O)N2c2ccc(C)cn2)cc1OCC. The average Bonchev–Trinajstić information content (AvgIpc) is 3.14. The van der Waals surface area contributed by atoms with Gasteiger partial charge in [-0.1, -0.05) is 18.6 Å². The summed E-state index contributed by atoms with van der Waals surface area (Å²) in [6, 6.07) is 8.69. The van der Waals surface area contributed by atoms with Crippen molar-refractivity contribution in [2.75, 3.05) is 18.1 Å². The molecule has 7 heteroatoms. The normalized spacial score (nSPS) is 24.0. The Labute approximate surface area is 199 Å². The molecule has 1 aromatic carbocycles. The van der Waals surface area contributed by atoms with Crippen LogP contribution >= 0.6 is 0 Å². The van der Waals surface area contributed by atoms with Crippen LogP contribution in [-0.4, -0.2) is 36.0 Å². The fourth-order valence-electron chi connectivity index (χ4n) is 5.24. The summed E-state index contributed by atoms with van der Waals surface area (Å²) in [5.41, 5.74) is 2.18. The Bertz CT molecular complexity index is 1140. The molecule has 1 fully saturated rings. The van der Waals surface area contributed by atoms with Gasteiger partial charge in [0, 0.05) is 6.20 Å². The van der Waals surface area contributed by atoms with Gasteiger partial charge in [-0.25, -0.2) is 4.98 Å². The van der Waals surface area contributed by atoms with Gasteiger partial charge in [0.25, 0.3) is 5.91 Å². The predicted octanol–water partition coefficient (Wildman–Crippen LogP) is 4.69. The molecule has 0 radical (unpaired) electrons. The van der Waals surface area contributed by atoms with Crippen molar-refractivity contribution in [3.63, 3.8) is 0 Å². The number of ketones is 1. The third-order valence-electron chi connectivity index (χ3n) is 6.79. The van der Waals surface area contributed by atoms with E-state index in [1.165, 1.54) is 0 Å². The Balaban J connectivity index is 1.65. The van der Waals surface area contributed by atoms with E-state index in [4.69, 9.17) is 14.2 Å². The molecule has 7 nitrogen and oxygen atoms in total. The van der Waals surface area contributed by atoms with Crippen LogP contribution in [0.4, 0.5) is 5.82 Å². The van der Waals surface area contributed by atoms with Gasteiger partial charge in [-0.2, -0.15) is 0 Å². The van der Waals surface area contributed by atoms with E-state index in [-0.39, 0.29) is 29.5 Å². The van der Waals surface area contributed by atoms with Crippen molar-refractivity contribution >= 4 is 17.5 Å². The average molecular weight is 463 g/mol. The number of pyridine rings is 1.